The minimum atomic E-state index is -0.754. The van der Waals surface area contributed by atoms with Gasteiger partial charge in [-0.25, -0.2) is 4.79 Å². The van der Waals surface area contributed by atoms with Gasteiger partial charge in [0.2, 0.25) is 0 Å². The van der Waals surface area contributed by atoms with Crippen molar-refractivity contribution in [2.75, 3.05) is 13.6 Å². The van der Waals surface area contributed by atoms with Gasteiger partial charge in [0.15, 0.2) is 0 Å². The Labute approximate surface area is 90.2 Å². The van der Waals surface area contributed by atoms with Gasteiger partial charge in [-0.1, -0.05) is 6.92 Å². The fourth-order valence-corrected chi connectivity index (χ4v) is 1.61. The van der Waals surface area contributed by atoms with E-state index >= 15 is 0 Å². The molecule has 0 radical (unpaired) electrons. The molecule has 0 saturated carbocycles. The molecule has 1 fully saturated rings. The summed E-state index contributed by atoms with van der Waals surface area (Å²) in [6.07, 6.45) is 0.599. The van der Waals surface area contributed by atoms with Crippen LogP contribution in [0.25, 0.3) is 0 Å². The molecule has 1 aliphatic heterocycles. The van der Waals surface area contributed by atoms with Crippen LogP contribution in [0, 0.1) is 0 Å². The number of imide groups is 1. The summed E-state index contributed by atoms with van der Waals surface area (Å²) in [5.74, 6) is -0.220. The van der Waals surface area contributed by atoms with E-state index in [1.807, 2.05) is 14.0 Å². The normalized spacial score (nSPS) is 26.0. The summed E-state index contributed by atoms with van der Waals surface area (Å²) in [6.45, 7) is 6.55. The van der Waals surface area contributed by atoms with E-state index in [4.69, 9.17) is 0 Å². The Morgan fingerprint density at radius 1 is 1.40 bits per heavy atom. The van der Waals surface area contributed by atoms with Crippen molar-refractivity contribution < 1.29 is 9.59 Å². The molecule has 5 heteroatoms. The molecule has 5 nitrogen and oxygen atoms in total. The van der Waals surface area contributed by atoms with Gasteiger partial charge in [0.25, 0.3) is 5.91 Å². The zero-order valence-corrected chi connectivity index (χ0v) is 9.76. The first-order chi connectivity index (χ1) is 6.91. The van der Waals surface area contributed by atoms with Crippen LogP contribution >= 0.6 is 0 Å². The molecule has 0 spiro atoms. The van der Waals surface area contributed by atoms with Crippen LogP contribution in [0.3, 0.4) is 0 Å². The summed E-state index contributed by atoms with van der Waals surface area (Å²) in [5, 5.41) is 5.00. The number of carbonyl (C=O) groups is 2. The van der Waals surface area contributed by atoms with E-state index in [2.05, 4.69) is 29.4 Å². The van der Waals surface area contributed by atoms with Gasteiger partial charge in [-0.2, -0.15) is 0 Å². The van der Waals surface area contributed by atoms with E-state index in [0.717, 1.165) is 0 Å². The van der Waals surface area contributed by atoms with E-state index in [9.17, 15) is 9.59 Å². The van der Waals surface area contributed by atoms with Crippen molar-refractivity contribution in [3.63, 3.8) is 0 Å². The summed E-state index contributed by atoms with van der Waals surface area (Å²) in [5.41, 5.74) is -0.754. The molecule has 0 aromatic heterocycles. The fraction of sp³-hybridized carbons (Fsp3) is 0.800. The Kier molecular flexibility index (Phi) is 3.34. The quantitative estimate of drug-likeness (QED) is 0.661. The van der Waals surface area contributed by atoms with Crippen LogP contribution in [0.2, 0.25) is 0 Å². The third kappa shape index (κ3) is 2.28. The molecule has 1 unspecified atom stereocenters. The Balaban J connectivity index is 2.78. The van der Waals surface area contributed by atoms with Crippen molar-refractivity contribution in [2.45, 2.75) is 38.8 Å². The number of urea groups is 1. The maximum absolute atomic E-state index is 11.7. The van der Waals surface area contributed by atoms with Crippen molar-refractivity contribution in [3.8, 4) is 0 Å². The smallest absolute Gasteiger partial charge is 0.322 e. The molecule has 1 aliphatic rings. The van der Waals surface area contributed by atoms with Gasteiger partial charge >= 0.3 is 6.03 Å². The lowest BCUT2D eigenvalue weighted by molar-refractivity contribution is -0.124. The first kappa shape index (κ1) is 12.0. The van der Waals surface area contributed by atoms with Crippen molar-refractivity contribution >= 4 is 11.9 Å². The molecule has 1 saturated heterocycles. The monoisotopic (exact) mass is 213 g/mol. The van der Waals surface area contributed by atoms with Crippen LogP contribution in [0.4, 0.5) is 4.79 Å². The first-order valence-electron chi connectivity index (χ1n) is 5.25. The van der Waals surface area contributed by atoms with Gasteiger partial charge < -0.3 is 10.2 Å². The summed E-state index contributed by atoms with van der Waals surface area (Å²) in [4.78, 5) is 24.8. The molecular formula is C10H19N3O2. The third-order valence-electron chi connectivity index (χ3n) is 3.02. The second kappa shape index (κ2) is 4.18. The Bertz CT molecular complexity index is 278. The molecule has 2 N–H and O–H groups in total. The van der Waals surface area contributed by atoms with Crippen molar-refractivity contribution in [1.82, 2.24) is 15.5 Å². The second-order valence-corrected chi connectivity index (χ2v) is 4.35. The van der Waals surface area contributed by atoms with Crippen molar-refractivity contribution in [3.05, 3.63) is 0 Å². The number of likely N-dealkylation sites (N-methyl/N-ethyl adjacent to an activating group) is 1. The molecule has 1 heterocycles. The van der Waals surface area contributed by atoms with E-state index in [1.54, 1.807) is 0 Å². The van der Waals surface area contributed by atoms with Gasteiger partial charge in [-0.05, 0) is 27.3 Å². The predicted molar refractivity (Wildman–Crippen MR) is 57.5 cm³/mol. The number of rotatable bonds is 4. The largest absolute Gasteiger partial charge is 0.322 e. The molecule has 0 aliphatic carbocycles. The first-order valence-corrected chi connectivity index (χ1v) is 5.25. The number of hydrogen-bond acceptors (Lipinski definition) is 3. The Morgan fingerprint density at radius 2 is 2.00 bits per heavy atom. The molecule has 3 amide bonds. The topological polar surface area (TPSA) is 61.4 Å². The molecule has 1 rings (SSSR count). The van der Waals surface area contributed by atoms with Gasteiger partial charge in [0.1, 0.15) is 5.54 Å². The second-order valence-electron chi connectivity index (χ2n) is 4.35. The van der Waals surface area contributed by atoms with Crippen LogP contribution in [-0.4, -0.2) is 42.0 Å². The molecule has 0 aromatic rings. The van der Waals surface area contributed by atoms with E-state index in [1.165, 1.54) is 0 Å². The molecule has 0 bridgehead atoms. The Morgan fingerprint density at radius 3 is 2.33 bits per heavy atom. The number of nitrogens with zero attached hydrogens (tertiary/aromatic N) is 1. The number of carbonyl (C=O) groups excluding carboxylic acids is 2. The highest BCUT2D eigenvalue weighted by molar-refractivity contribution is 6.07. The van der Waals surface area contributed by atoms with Crippen LogP contribution in [0.1, 0.15) is 27.2 Å². The number of nitrogens with one attached hydrogen (secondary N) is 2. The maximum atomic E-state index is 11.7. The zero-order valence-electron chi connectivity index (χ0n) is 9.76. The summed E-state index contributed by atoms with van der Waals surface area (Å²) < 4.78 is 0. The zero-order chi connectivity index (χ0) is 11.6. The number of hydrogen-bond donors (Lipinski definition) is 2. The molecule has 86 valence electrons. The van der Waals surface area contributed by atoms with E-state index in [-0.39, 0.29) is 11.9 Å². The Hall–Kier alpha value is -1.10. The van der Waals surface area contributed by atoms with Crippen molar-refractivity contribution in [1.29, 1.82) is 0 Å². The maximum Gasteiger partial charge on any atom is 0.322 e. The average molecular weight is 213 g/mol. The summed E-state index contributed by atoms with van der Waals surface area (Å²) in [7, 11) is 1.94. The third-order valence-corrected chi connectivity index (χ3v) is 3.02. The summed E-state index contributed by atoms with van der Waals surface area (Å²) >= 11 is 0. The minimum absolute atomic E-state index is 0.220. The molecule has 0 aromatic carbocycles. The fourth-order valence-electron chi connectivity index (χ4n) is 1.61. The van der Waals surface area contributed by atoms with Crippen LogP contribution in [-0.2, 0) is 4.79 Å². The van der Waals surface area contributed by atoms with Crippen LogP contribution in [0.5, 0.6) is 0 Å². The van der Waals surface area contributed by atoms with Crippen LogP contribution < -0.4 is 10.6 Å². The lowest BCUT2D eigenvalue weighted by Gasteiger charge is -2.32. The minimum Gasteiger partial charge on any atom is -0.322 e. The predicted octanol–water partition coefficient (Wildman–Crippen LogP) is 0.315. The van der Waals surface area contributed by atoms with Gasteiger partial charge in [0.05, 0.1) is 0 Å². The highest BCUT2D eigenvalue weighted by Gasteiger charge is 2.45. The van der Waals surface area contributed by atoms with E-state index < -0.39 is 5.54 Å². The highest BCUT2D eigenvalue weighted by atomic mass is 16.2. The van der Waals surface area contributed by atoms with Gasteiger partial charge in [-0.3, -0.25) is 10.1 Å². The molecule has 15 heavy (non-hydrogen) atoms. The van der Waals surface area contributed by atoms with Crippen LogP contribution in [0.15, 0.2) is 0 Å². The molecular weight excluding hydrogens is 194 g/mol. The van der Waals surface area contributed by atoms with Crippen molar-refractivity contribution in [2.24, 2.45) is 0 Å². The molecule has 1 atom stereocenters. The number of amides is 3. The summed E-state index contributed by atoms with van der Waals surface area (Å²) in [6, 6.07) is -0.0438. The highest BCUT2D eigenvalue weighted by Crippen LogP contribution is 2.17. The van der Waals surface area contributed by atoms with Gasteiger partial charge in [0, 0.05) is 12.6 Å². The lowest BCUT2D eigenvalue weighted by atomic mass is 9.95. The van der Waals surface area contributed by atoms with Gasteiger partial charge in [-0.15, -0.1) is 0 Å². The average Bonchev–Trinajstić information content (AvgIpc) is 2.42. The lowest BCUT2D eigenvalue weighted by Crippen LogP contribution is -2.55. The van der Waals surface area contributed by atoms with E-state index in [0.29, 0.717) is 19.0 Å². The SMILES string of the molecule is CCC1(CN(C)C(C)C)NC(=O)NC1=O. The standard InChI is InChI=1S/C10H19N3O2/c1-5-10(6-13(4)7(2)3)8(14)11-9(15)12-10/h7H,5-6H2,1-4H3,(H2,11,12,14,15).